The van der Waals surface area contributed by atoms with E-state index in [9.17, 15) is 9.90 Å². The maximum Gasteiger partial charge on any atom is 0.222 e. The molecule has 0 bridgehead atoms. The Bertz CT molecular complexity index is 545. The van der Waals surface area contributed by atoms with E-state index < -0.39 is 5.60 Å². The Kier molecular flexibility index (Phi) is 6.32. The van der Waals surface area contributed by atoms with E-state index in [2.05, 4.69) is 4.90 Å². The number of amides is 1. The van der Waals surface area contributed by atoms with E-state index in [0.717, 1.165) is 38.2 Å². The van der Waals surface area contributed by atoms with Gasteiger partial charge in [0.05, 0.1) is 18.8 Å². The predicted octanol–water partition coefficient (Wildman–Crippen LogP) is 2.29. The molecule has 0 aliphatic carbocycles. The third-order valence-corrected chi connectivity index (χ3v) is 5.17. The molecule has 138 valence electrons. The summed E-state index contributed by atoms with van der Waals surface area (Å²) in [4.78, 5) is 16.7. The first-order valence-electron chi connectivity index (χ1n) is 9.55. The van der Waals surface area contributed by atoms with E-state index in [1.807, 2.05) is 35.2 Å². The van der Waals surface area contributed by atoms with Crippen molar-refractivity contribution in [3.05, 3.63) is 30.3 Å². The van der Waals surface area contributed by atoms with Crippen LogP contribution in [0.4, 0.5) is 0 Å². The normalized spacial score (nSPS) is 24.4. The number of ether oxygens (including phenoxy) is 1. The summed E-state index contributed by atoms with van der Waals surface area (Å²) in [7, 11) is 0. The number of aliphatic hydroxyl groups is 1. The van der Waals surface area contributed by atoms with Gasteiger partial charge in [-0.15, -0.1) is 0 Å². The molecule has 1 amide bonds. The van der Waals surface area contributed by atoms with Crippen LogP contribution in [0, 0.1) is 0 Å². The average Bonchev–Trinajstić information content (AvgIpc) is 3.11. The molecule has 0 radical (unpaired) electrons. The lowest BCUT2D eigenvalue weighted by molar-refractivity contribution is -0.139. The number of para-hydroxylation sites is 1. The summed E-state index contributed by atoms with van der Waals surface area (Å²) >= 11 is 0. The molecule has 1 N–H and O–H groups in total. The molecule has 25 heavy (non-hydrogen) atoms. The Morgan fingerprint density at radius 3 is 2.64 bits per heavy atom. The highest BCUT2D eigenvalue weighted by Crippen LogP contribution is 2.24. The highest BCUT2D eigenvalue weighted by atomic mass is 16.5. The number of carbonyl (C=O) groups is 1. The van der Waals surface area contributed by atoms with Crippen LogP contribution in [-0.2, 0) is 4.79 Å². The van der Waals surface area contributed by atoms with Gasteiger partial charge in [0, 0.05) is 19.5 Å². The number of benzene rings is 1. The second-order valence-electron chi connectivity index (χ2n) is 7.39. The zero-order chi connectivity index (χ0) is 17.5. The maximum absolute atomic E-state index is 12.5. The number of rotatable bonds is 7. The molecule has 0 saturated carbocycles. The summed E-state index contributed by atoms with van der Waals surface area (Å²) in [6.07, 6.45) is 5.31. The predicted molar refractivity (Wildman–Crippen MR) is 97.6 cm³/mol. The average molecular weight is 346 g/mol. The summed E-state index contributed by atoms with van der Waals surface area (Å²) in [5.41, 5.74) is -0.737. The van der Waals surface area contributed by atoms with Gasteiger partial charge in [-0.25, -0.2) is 0 Å². The van der Waals surface area contributed by atoms with Gasteiger partial charge in [-0.05, 0) is 57.3 Å². The van der Waals surface area contributed by atoms with Gasteiger partial charge in [0.2, 0.25) is 5.91 Å². The van der Waals surface area contributed by atoms with Crippen LogP contribution in [0.2, 0.25) is 0 Å². The first kappa shape index (κ1) is 18.2. The Hall–Kier alpha value is -1.59. The molecule has 1 atom stereocenters. The van der Waals surface area contributed by atoms with Crippen LogP contribution in [0.25, 0.3) is 0 Å². The molecule has 1 aromatic rings. The van der Waals surface area contributed by atoms with E-state index in [-0.39, 0.29) is 5.91 Å². The van der Waals surface area contributed by atoms with Crippen LogP contribution in [0.3, 0.4) is 0 Å². The fraction of sp³-hybridized carbons (Fsp3) is 0.650. The minimum atomic E-state index is -0.737. The van der Waals surface area contributed by atoms with Crippen LogP contribution in [0.1, 0.15) is 38.5 Å². The van der Waals surface area contributed by atoms with Crippen molar-refractivity contribution in [3.8, 4) is 5.75 Å². The van der Waals surface area contributed by atoms with Crippen molar-refractivity contribution < 1.29 is 14.6 Å². The van der Waals surface area contributed by atoms with Gasteiger partial charge in [0.1, 0.15) is 5.75 Å². The van der Waals surface area contributed by atoms with E-state index in [1.165, 1.54) is 12.8 Å². The highest BCUT2D eigenvalue weighted by Gasteiger charge is 2.36. The summed E-state index contributed by atoms with van der Waals surface area (Å²) in [5, 5.41) is 10.9. The lowest BCUT2D eigenvalue weighted by Crippen LogP contribution is -2.55. The first-order valence-corrected chi connectivity index (χ1v) is 9.55. The third-order valence-electron chi connectivity index (χ3n) is 5.17. The monoisotopic (exact) mass is 346 g/mol. The smallest absolute Gasteiger partial charge is 0.222 e. The van der Waals surface area contributed by atoms with Crippen molar-refractivity contribution in [1.82, 2.24) is 9.80 Å². The molecular weight excluding hydrogens is 316 g/mol. The lowest BCUT2D eigenvalue weighted by atomic mass is 9.92. The van der Waals surface area contributed by atoms with Crippen molar-refractivity contribution in [2.24, 2.45) is 0 Å². The van der Waals surface area contributed by atoms with E-state index >= 15 is 0 Å². The largest absolute Gasteiger partial charge is 0.494 e. The highest BCUT2D eigenvalue weighted by molar-refractivity contribution is 5.76. The van der Waals surface area contributed by atoms with Gasteiger partial charge in [0.25, 0.3) is 0 Å². The molecule has 0 unspecified atom stereocenters. The Morgan fingerprint density at radius 2 is 1.88 bits per heavy atom. The van der Waals surface area contributed by atoms with Crippen molar-refractivity contribution >= 4 is 5.91 Å². The maximum atomic E-state index is 12.5. The Balaban J connectivity index is 1.40. The van der Waals surface area contributed by atoms with Gasteiger partial charge in [-0.1, -0.05) is 18.2 Å². The number of carbonyl (C=O) groups excluding carboxylic acids is 1. The first-order chi connectivity index (χ1) is 12.1. The zero-order valence-corrected chi connectivity index (χ0v) is 15.0. The minimum Gasteiger partial charge on any atom is -0.494 e. The van der Waals surface area contributed by atoms with Gasteiger partial charge < -0.3 is 19.6 Å². The van der Waals surface area contributed by atoms with Gasteiger partial charge in [0.15, 0.2) is 0 Å². The van der Waals surface area contributed by atoms with Crippen molar-refractivity contribution in [2.75, 3.05) is 39.3 Å². The Morgan fingerprint density at radius 1 is 1.12 bits per heavy atom. The summed E-state index contributed by atoms with van der Waals surface area (Å²) in [6, 6.07) is 9.68. The number of piperidine rings is 1. The molecule has 5 heteroatoms. The molecule has 0 aromatic heterocycles. The minimum absolute atomic E-state index is 0.135. The number of hydrogen-bond donors (Lipinski definition) is 1. The molecule has 2 heterocycles. The molecule has 2 aliphatic rings. The number of β-amino-alcohol motifs (C(OH)–C–C–N with tert-alkyl or cyclic N) is 1. The van der Waals surface area contributed by atoms with Crippen molar-refractivity contribution in [2.45, 2.75) is 44.1 Å². The fourth-order valence-electron chi connectivity index (χ4n) is 3.90. The van der Waals surface area contributed by atoms with Crippen LogP contribution < -0.4 is 4.74 Å². The van der Waals surface area contributed by atoms with Gasteiger partial charge in [-0.2, -0.15) is 0 Å². The van der Waals surface area contributed by atoms with Gasteiger partial charge in [-0.3, -0.25) is 4.79 Å². The topological polar surface area (TPSA) is 53.0 Å². The second kappa shape index (κ2) is 8.68. The van der Waals surface area contributed by atoms with E-state index in [4.69, 9.17) is 4.74 Å². The Labute approximate surface area is 150 Å². The van der Waals surface area contributed by atoms with Crippen LogP contribution in [0.5, 0.6) is 5.75 Å². The lowest BCUT2D eigenvalue weighted by Gasteiger charge is -2.41. The van der Waals surface area contributed by atoms with Crippen LogP contribution in [0.15, 0.2) is 30.3 Å². The zero-order valence-electron chi connectivity index (χ0n) is 15.0. The second-order valence-corrected chi connectivity index (χ2v) is 7.39. The molecule has 2 aliphatic heterocycles. The summed E-state index contributed by atoms with van der Waals surface area (Å²) in [5.74, 6) is 0.976. The molecule has 1 aromatic carbocycles. The molecule has 3 rings (SSSR count). The fourth-order valence-corrected chi connectivity index (χ4v) is 3.90. The van der Waals surface area contributed by atoms with Crippen molar-refractivity contribution in [3.63, 3.8) is 0 Å². The molecular formula is C20H30N2O3. The third kappa shape index (κ3) is 5.44. The van der Waals surface area contributed by atoms with Crippen molar-refractivity contribution in [1.29, 1.82) is 0 Å². The number of hydrogen-bond acceptors (Lipinski definition) is 4. The molecule has 5 nitrogen and oxygen atoms in total. The SMILES string of the molecule is O=C(CCCOc1ccccc1)N1CCC[C@@](O)(CN2CCCC2)C1. The van der Waals surface area contributed by atoms with Crippen LogP contribution in [-0.4, -0.2) is 65.7 Å². The number of likely N-dealkylation sites (tertiary alicyclic amines) is 2. The molecule has 2 fully saturated rings. The van der Waals surface area contributed by atoms with Gasteiger partial charge >= 0.3 is 0 Å². The number of nitrogens with zero attached hydrogens (tertiary/aromatic N) is 2. The van der Waals surface area contributed by atoms with Crippen LogP contribution >= 0.6 is 0 Å². The van der Waals surface area contributed by atoms with E-state index in [1.54, 1.807) is 0 Å². The standard InChI is InChI=1S/C20H30N2O3/c23-19(10-6-15-25-18-8-2-1-3-9-18)22-14-7-11-20(24,17-22)16-21-12-4-5-13-21/h1-3,8-9,24H,4-7,10-17H2/t20-/m1/s1. The quantitative estimate of drug-likeness (QED) is 0.770. The van der Waals surface area contributed by atoms with E-state index in [0.29, 0.717) is 32.5 Å². The molecule has 0 spiro atoms. The summed E-state index contributed by atoms with van der Waals surface area (Å²) < 4.78 is 5.65. The summed E-state index contributed by atoms with van der Waals surface area (Å²) in [6.45, 7) is 4.64. The molecule has 2 saturated heterocycles.